The van der Waals surface area contributed by atoms with Crippen molar-refractivity contribution in [3.05, 3.63) is 0 Å². The number of hydrogen-bond acceptors (Lipinski definition) is 4. The molecule has 0 radical (unpaired) electrons. The Hall–Kier alpha value is 1.51. The number of aliphatic hydroxyl groups excluding tert-OH is 1. The summed E-state index contributed by atoms with van der Waals surface area (Å²) in [6.07, 6.45) is 9.28. The second-order valence-electron chi connectivity index (χ2n) is 5.80. The summed E-state index contributed by atoms with van der Waals surface area (Å²) in [5.41, 5.74) is 0. The van der Waals surface area contributed by atoms with Gasteiger partial charge in [-0.25, -0.2) is 8.42 Å². The van der Waals surface area contributed by atoms with Gasteiger partial charge in [0.05, 0.1) is 16.2 Å². The monoisotopic (exact) mass is 346 g/mol. The van der Waals surface area contributed by atoms with Crippen molar-refractivity contribution in [1.29, 1.82) is 0 Å². The first-order valence-electron chi connectivity index (χ1n) is 8.00. The Balaban J connectivity index is 0. The van der Waals surface area contributed by atoms with Gasteiger partial charge in [0.1, 0.15) is 0 Å². The Labute approximate surface area is 173 Å². The van der Waals surface area contributed by atoms with Crippen molar-refractivity contribution in [3.8, 4) is 0 Å². The summed E-state index contributed by atoms with van der Waals surface area (Å²) in [4.78, 5) is 0. The molecule has 0 aromatic heterocycles. The van der Waals surface area contributed by atoms with Gasteiger partial charge in [-0.05, 0) is 26.2 Å². The number of aliphatic hydroxyl groups is 1. The average molecular weight is 347 g/mol. The van der Waals surface area contributed by atoms with Gasteiger partial charge < -0.3 is 9.66 Å². The van der Waals surface area contributed by atoms with Gasteiger partial charge in [-0.15, -0.1) is 0 Å². The van der Waals surface area contributed by atoms with Crippen molar-refractivity contribution in [1.82, 2.24) is 0 Å². The first-order valence-corrected chi connectivity index (χ1v) is 9.47. The maximum Gasteiger partial charge on any atom is 1.00 e. The third-order valence-corrected chi connectivity index (χ3v) is 4.97. The van der Waals surface area contributed by atoms with Gasteiger partial charge in [0.25, 0.3) is 0 Å². The molecule has 0 fully saturated rings. The van der Waals surface area contributed by atoms with Crippen molar-refractivity contribution in [3.63, 3.8) is 0 Å². The van der Waals surface area contributed by atoms with E-state index < -0.39 is 15.4 Å². The second kappa shape index (κ2) is 15.1. The summed E-state index contributed by atoms with van der Waals surface area (Å²) in [5.74, 6) is 0. The van der Waals surface area contributed by atoms with Crippen LogP contribution < -0.4 is 51.4 Å². The Bertz CT molecular complexity index is 318. The number of hydrogen-bond donors (Lipinski definition) is 1. The molecule has 0 saturated carbocycles. The molecule has 2 unspecified atom stereocenters. The van der Waals surface area contributed by atoms with Crippen LogP contribution in [0.5, 0.6) is 0 Å². The molecule has 0 aliphatic heterocycles. The topological polar surface area (TPSA) is 77.4 Å². The Morgan fingerprint density at radius 3 is 1.71 bits per heavy atom. The summed E-state index contributed by atoms with van der Waals surface area (Å²) < 4.78 is 33.6. The maximum absolute atomic E-state index is 11.2. The molecule has 4 nitrogen and oxygen atoms in total. The molecule has 0 aromatic carbocycles. The van der Waals surface area contributed by atoms with Crippen molar-refractivity contribution in [2.75, 3.05) is 0 Å². The van der Waals surface area contributed by atoms with Gasteiger partial charge in [0.2, 0.25) is 0 Å². The van der Waals surface area contributed by atoms with E-state index >= 15 is 0 Å². The number of rotatable bonds is 13. The second-order valence-corrected chi connectivity index (χ2v) is 7.46. The first kappa shape index (κ1) is 24.8. The van der Waals surface area contributed by atoms with Crippen molar-refractivity contribution >= 4 is 10.1 Å². The minimum atomic E-state index is -4.15. The van der Waals surface area contributed by atoms with Crippen molar-refractivity contribution < 1.29 is 69.5 Å². The van der Waals surface area contributed by atoms with Gasteiger partial charge in [-0.1, -0.05) is 58.3 Å². The minimum absolute atomic E-state index is 0. The molecule has 21 heavy (non-hydrogen) atoms. The minimum Gasteiger partial charge on any atom is -0.748 e. The van der Waals surface area contributed by atoms with Gasteiger partial charge in [-0.2, -0.15) is 0 Å². The fourth-order valence-electron chi connectivity index (χ4n) is 2.40. The van der Waals surface area contributed by atoms with Crippen LogP contribution in [0, 0.1) is 0 Å². The smallest absolute Gasteiger partial charge is 0.748 e. The molecule has 0 saturated heterocycles. The molecule has 0 aromatic rings. The van der Waals surface area contributed by atoms with Crippen LogP contribution in [-0.2, 0) is 10.1 Å². The van der Waals surface area contributed by atoms with Crippen LogP contribution in [0.15, 0.2) is 0 Å². The molecular weight excluding hydrogens is 315 g/mol. The van der Waals surface area contributed by atoms with E-state index in [1.807, 2.05) is 0 Å². The van der Waals surface area contributed by atoms with Crippen LogP contribution in [0.25, 0.3) is 0 Å². The zero-order chi connectivity index (χ0) is 15.4. The molecule has 0 rings (SSSR count). The predicted octanol–water partition coefficient (Wildman–Crippen LogP) is 0.596. The molecular formula is C15H31KO4S. The Morgan fingerprint density at radius 1 is 0.905 bits per heavy atom. The van der Waals surface area contributed by atoms with Gasteiger partial charge in [-0.3, -0.25) is 0 Å². The zero-order valence-corrected chi connectivity index (χ0v) is 18.0. The van der Waals surface area contributed by atoms with Crippen molar-refractivity contribution in [2.24, 2.45) is 0 Å². The van der Waals surface area contributed by atoms with Gasteiger partial charge >= 0.3 is 51.4 Å². The largest absolute Gasteiger partial charge is 1.00 e. The molecule has 0 spiro atoms. The van der Waals surface area contributed by atoms with Crippen LogP contribution in [0.3, 0.4) is 0 Å². The van der Waals surface area contributed by atoms with Crippen molar-refractivity contribution in [2.45, 2.75) is 95.8 Å². The molecule has 0 aliphatic carbocycles. The van der Waals surface area contributed by atoms with Crippen LogP contribution in [0.1, 0.15) is 84.5 Å². The maximum atomic E-state index is 11.2. The quantitative estimate of drug-likeness (QED) is 0.301. The predicted molar refractivity (Wildman–Crippen MR) is 81.6 cm³/mol. The van der Waals surface area contributed by atoms with E-state index in [-0.39, 0.29) is 57.5 Å². The molecule has 0 bridgehead atoms. The Kier molecular flexibility index (Phi) is 17.8. The third kappa shape index (κ3) is 16.2. The van der Waals surface area contributed by atoms with Crippen LogP contribution in [0.4, 0.5) is 0 Å². The van der Waals surface area contributed by atoms with Crippen LogP contribution in [0.2, 0.25) is 0 Å². The normalized spacial score (nSPS) is 14.5. The number of unbranched alkanes of at least 4 members (excludes halogenated alkanes) is 6. The molecule has 122 valence electrons. The molecule has 0 aliphatic rings. The van der Waals surface area contributed by atoms with Gasteiger partial charge in [0, 0.05) is 5.25 Å². The SMILES string of the molecule is CCCCCCC(CCCCCCC(C)O)S(=O)(=O)[O-].[K+]. The fourth-order valence-corrected chi connectivity index (χ4v) is 3.31. The molecule has 0 amide bonds. The summed E-state index contributed by atoms with van der Waals surface area (Å²) in [5, 5.41) is 8.43. The summed E-state index contributed by atoms with van der Waals surface area (Å²) in [7, 11) is -4.15. The molecule has 0 heterocycles. The fraction of sp³-hybridized carbons (Fsp3) is 1.00. The van der Waals surface area contributed by atoms with E-state index in [0.29, 0.717) is 12.8 Å². The van der Waals surface area contributed by atoms with E-state index in [0.717, 1.165) is 57.8 Å². The van der Waals surface area contributed by atoms with Gasteiger partial charge in [0.15, 0.2) is 0 Å². The average Bonchev–Trinajstić information content (AvgIpc) is 2.34. The first-order chi connectivity index (χ1) is 9.38. The van der Waals surface area contributed by atoms with E-state index in [1.54, 1.807) is 6.92 Å². The summed E-state index contributed by atoms with van der Waals surface area (Å²) in [6, 6.07) is 0. The molecule has 1 N–H and O–H groups in total. The van der Waals surface area contributed by atoms with E-state index in [9.17, 15) is 13.0 Å². The van der Waals surface area contributed by atoms with Crippen LogP contribution >= 0.6 is 0 Å². The van der Waals surface area contributed by atoms with E-state index in [1.165, 1.54) is 0 Å². The molecule has 6 heteroatoms. The third-order valence-electron chi connectivity index (χ3n) is 3.69. The standard InChI is InChI=1S/C15H32O4S.K/c1-3-4-5-9-12-15(20(17,18)19)13-10-7-6-8-11-14(2)16;/h14-16H,3-13H2,1-2H3,(H,17,18,19);/q;+1/p-1. The van der Waals surface area contributed by atoms with E-state index in [4.69, 9.17) is 5.11 Å². The summed E-state index contributed by atoms with van der Waals surface area (Å²) >= 11 is 0. The molecule has 2 atom stereocenters. The zero-order valence-electron chi connectivity index (χ0n) is 14.0. The van der Waals surface area contributed by atoms with E-state index in [2.05, 4.69) is 6.92 Å². The summed E-state index contributed by atoms with van der Waals surface area (Å²) in [6.45, 7) is 3.88. The Morgan fingerprint density at radius 2 is 1.33 bits per heavy atom. The van der Waals surface area contributed by atoms with Crippen LogP contribution in [-0.4, -0.2) is 29.4 Å².